The van der Waals surface area contributed by atoms with Crippen LogP contribution in [-0.4, -0.2) is 35.8 Å². The van der Waals surface area contributed by atoms with E-state index < -0.39 is 10.0 Å². The van der Waals surface area contributed by atoms with Gasteiger partial charge in [-0.15, -0.1) is 0 Å². The minimum Gasteiger partial charge on any atom is -0.497 e. The van der Waals surface area contributed by atoms with Crippen LogP contribution < -0.4 is 18.9 Å². The van der Waals surface area contributed by atoms with Crippen molar-refractivity contribution < 1.29 is 22.6 Å². The number of sulfonamides is 1. The van der Waals surface area contributed by atoms with E-state index in [1.807, 2.05) is 26.0 Å². The molecule has 1 N–H and O–H groups in total. The first-order valence-corrected chi connectivity index (χ1v) is 9.80. The highest BCUT2D eigenvalue weighted by Gasteiger charge is 2.17. The smallest absolute Gasteiger partial charge is 0.240 e. The van der Waals surface area contributed by atoms with Crippen LogP contribution >= 0.6 is 0 Å². The molecule has 7 heteroatoms. The Morgan fingerprint density at radius 2 is 1.73 bits per heavy atom. The summed E-state index contributed by atoms with van der Waals surface area (Å²) >= 11 is 0. The topological polar surface area (TPSA) is 73.9 Å². The zero-order valence-corrected chi connectivity index (χ0v) is 16.3. The Morgan fingerprint density at radius 3 is 2.38 bits per heavy atom. The number of hydrogen-bond donors (Lipinski definition) is 1. The average Bonchev–Trinajstić information content (AvgIpc) is 2.64. The first-order valence-electron chi connectivity index (χ1n) is 8.32. The summed E-state index contributed by atoms with van der Waals surface area (Å²) in [6, 6.07) is 12.0. The highest BCUT2D eigenvalue weighted by molar-refractivity contribution is 7.89. The molecule has 0 aromatic heterocycles. The zero-order chi connectivity index (χ0) is 19.2. The third-order valence-electron chi connectivity index (χ3n) is 3.84. The molecule has 0 aliphatic carbocycles. The Balaban J connectivity index is 1.99. The molecule has 0 unspecified atom stereocenters. The van der Waals surface area contributed by atoms with Gasteiger partial charge in [-0.1, -0.05) is 19.9 Å². The van der Waals surface area contributed by atoms with Gasteiger partial charge in [0.2, 0.25) is 10.0 Å². The highest BCUT2D eigenvalue weighted by Crippen LogP contribution is 2.28. The highest BCUT2D eigenvalue weighted by atomic mass is 32.2. The molecule has 0 spiro atoms. The molecule has 0 amide bonds. The predicted octanol–water partition coefficient (Wildman–Crippen LogP) is 3.18. The number of benzene rings is 2. The van der Waals surface area contributed by atoms with E-state index in [-0.39, 0.29) is 24.0 Å². The van der Waals surface area contributed by atoms with Gasteiger partial charge in [-0.3, -0.25) is 0 Å². The Hall–Kier alpha value is -2.25. The maximum Gasteiger partial charge on any atom is 0.240 e. The number of ether oxygens (including phenoxy) is 3. The van der Waals surface area contributed by atoms with Crippen LogP contribution in [0.2, 0.25) is 0 Å². The van der Waals surface area contributed by atoms with Crippen molar-refractivity contribution in [2.45, 2.75) is 24.7 Å². The third-order valence-corrected chi connectivity index (χ3v) is 5.30. The average molecular weight is 379 g/mol. The van der Waals surface area contributed by atoms with E-state index in [1.165, 1.54) is 6.07 Å². The number of hydrogen-bond acceptors (Lipinski definition) is 5. The van der Waals surface area contributed by atoms with Crippen molar-refractivity contribution in [3.63, 3.8) is 0 Å². The van der Waals surface area contributed by atoms with Gasteiger partial charge in [-0.25, -0.2) is 13.1 Å². The van der Waals surface area contributed by atoms with Crippen molar-refractivity contribution in [1.82, 2.24) is 4.72 Å². The summed E-state index contributed by atoms with van der Waals surface area (Å²) in [6.45, 7) is 4.34. The van der Waals surface area contributed by atoms with E-state index in [1.54, 1.807) is 38.5 Å². The van der Waals surface area contributed by atoms with Crippen molar-refractivity contribution >= 4 is 10.0 Å². The summed E-state index contributed by atoms with van der Waals surface area (Å²) in [5.41, 5.74) is 0.850. The second-order valence-corrected chi connectivity index (χ2v) is 7.75. The summed E-state index contributed by atoms with van der Waals surface area (Å²) in [6.07, 6.45) is 0. The first kappa shape index (κ1) is 20.1. The molecule has 0 aliphatic rings. The van der Waals surface area contributed by atoms with Crippen molar-refractivity contribution in [3.8, 4) is 17.2 Å². The Morgan fingerprint density at radius 1 is 1.00 bits per heavy atom. The summed E-state index contributed by atoms with van der Waals surface area (Å²) < 4.78 is 43.5. The molecule has 0 saturated carbocycles. The van der Waals surface area contributed by atoms with Gasteiger partial charge in [0.25, 0.3) is 0 Å². The fraction of sp³-hybridized carbons (Fsp3) is 0.368. The predicted molar refractivity (Wildman–Crippen MR) is 101 cm³/mol. The van der Waals surface area contributed by atoms with Crippen molar-refractivity contribution in [1.29, 1.82) is 0 Å². The molecule has 2 aromatic carbocycles. The molecule has 2 rings (SSSR count). The van der Waals surface area contributed by atoms with Crippen LogP contribution in [0.4, 0.5) is 0 Å². The fourth-order valence-electron chi connectivity index (χ4n) is 2.45. The van der Waals surface area contributed by atoms with E-state index in [0.29, 0.717) is 17.2 Å². The van der Waals surface area contributed by atoms with Gasteiger partial charge in [-0.2, -0.15) is 0 Å². The minimum atomic E-state index is -3.62. The van der Waals surface area contributed by atoms with Gasteiger partial charge >= 0.3 is 0 Å². The molecular formula is C19H25NO5S. The second kappa shape index (κ2) is 8.91. The third kappa shape index (κ3) is 5.12. The molecule has 0 atom stereocenters. The molecule has 142 valence electrons. The van der Waals surface area contributed by atoms with E-state index in [2.05, 4.69) is 4.72 Å². The molecule has 0 heterocycles. The molecule has 0 aliphatic heterocycles. The fourth-order valence-corrected chi connectivity index (χ4v) is 3.50. The van der Waals surface area contributed by atoms with E-state index in [9.17, 15) is 8.42 Å². The van der Waals surface area contributed by atoms with Crippen LogP contribution in [0, 0.1) is 0 Å². The molecule has 0 saturated heterocycles. The zero-order valence-electron chi connectivity index (χ0n) is 15.5. The standard InChI is InChI=1S/C19H25NO5S/c1-14(2)18-13-17(8-9-19(18)24-4)26(21,22)20-10-11-25-16-7-5-6-15(12-16)23-3/h5-9,12-14,20H,10-11H2,1-4H3. The molecular weight excluding hydrogens is 354 g/mol. The van der Waals surface area contributed by atoms with Gasteiger partial charge in [0.15, 0.2) is 0 Å². The number of methoxy groups -OCH3 is 2. The van der Waals surface area contributed by atoms with Crippen LogP contribution in [0.5, 0.6) is 17.2 Å². The maximum atomic E-state index is 12.5. The summed E-state index contributed by atoms with van der Waals surface area (Å²) in [7, 11) is -0.469. The maximum absolute atomic E-state index is 12.5. The molecule has 6 nitrogen and oxygen atoms in total. The van der Waals surface area contributed by atoms with Crippen molar-refractivity contribution in [3.05, 3.63) is 48.0 Å². The quantitative estimate of drug-likeness (QED) is 0.678. The van der Waals surface area contributed by atoms with E-state index in [4.69, 9.17) is 14.2 Å². The van der Waals surface area contributed by atoms with Gasteiger partial charge in [0.05, 0.1) is 19.1 Å². The first-order chi connectivity index (χ1) is 12.4. The largest absolute Gasteiger partial charge is 0.497 e. The molecule has 2 aromatic rings. The van der Waals surface area contributed by atoms with Gasteiger partial charge < -0.3 is 14.2 Å². The van der Waals surface area contributed by atoms with E-state index >= 15 is 0 Å². The van der Waals surface area contributed by atoms with Crippen LogP contribution in [-0.2, 0) is 10.0 Å². The van der Waals surface area contributed by atoms with Gasteiger partial charge in [0, 0.05) is 12.6 Å². The van der Waals surface area contributed by atoms with Crippen molar-refractivity contribution in [2.75, 3.05) is 27.4 Å². The SMILES string of the molecule is COc1cccc(OCCNS(=O)(=O)c2ccc(OC)c(C(C)C)c2)c1. The van der Waals surface area contributed by atoms with E-state index in [0.717, 1.165) is 5.56 Å². The lowest BCUT2D eigenvalue weighted by Crippen LogP contribution is -2.28. The molecule has 26 heavy (non-hydrogen) atoms. The normalized spacial score (nSPS) is 11.4. The van der Waals surface area contributed by atoms with Gasteiger partial charge in [-0.05, 0) is 41.8 Å². The van der Waals surface area contributed by atoms with Crippen LogP contribution in [0.25, 0.3) is 0 Å². The second-order valence-electron chi connectivity index (χ2n) is 5.98. The Kier molecular flexibility index (Phi) is 6.88. The molecule has 0 fully saturated rings. The Bertz CT molecular complexity index is 834. The minimum absolute atomic E-state index is 0.150. The lowest BCUT2D eigenvalue weighted by molar-refractivity contribution is 0.320. The Labute approximate surface area is 155 Å². The van der Waals surface area contributed by atoms with Gasteiger partial charge in [0.1, 0.15) is 23.9 Å². The summed E-state index contributed by atoms with van der Waals surface area (Å²) in [5, 5.41) is 0. The monoisotopic (exact) mass is 379 g/mol. The summed E-state index contributed by atoms with van der Waals surface area (Å²) in [5.74, 6) is 2.13. The lowest BCUT2D eigenvalue weighted by Gasteiger charge is -2.14. The number of rotatable bonds is 9. The lowest BCUT2D eigenvalue weighted by atomic mass is 10.0. The van der Waals surface area contributed by atoms with Crippen molar-refractivity contribution in [2.24, 2.45) is 0 Å². The van der Waals surface area contributed by atoms with Crippen LogP contribution in [0.15, 0.2) is 47.4 Å². The van der Waals surface area contributed by atoms with Crippen LogP contribution in [0.1, 0.15) is 25.3 Å². The van der Waals surface area contributed by atoms with Crippen LogP contribution in [0.3, 0.4) is 0 Å². The molecule has 0 radical (unpaired) electrons. The summed E-state index contributed by atoms with van der Waals surface area (Å²) in [4.78, 5) is 0.211. The number of nitrogens with one attached hydrogen (secondary N) is 1. The molecule has 0 bridgehead atoms.